The van der Waals surface area contributed by atoms with Gasteiger partial charge in [0.15, 0.2) is 0 Å². The average molecular weight is 276 g/mol. The Morgan fingerprint density at radius 1 is 1.15 bits per heavy atom. The van der Waals surface area contributed by atoms with E-state index < -0.39 is 0 Å². The first-order chi connectivity index (χ1) is 9.20. The van der Waals surface area contributed by atoms with E-state index in [9.17, 15) is 0 Å². The predicted octanol–water partition coefficient (Wildman–Crippen LogP) is 2.72. The van der Waals surface area contributed by atoms with E-state index in [-0.39, 0.29) is 16.4 Å². The molecule has 0 aromatic carbocycles. The molecule has 1 aromatic rings. The lowest BCUT2D eigenvalue weighted by atomic mass is 9.58. The van der Waals surface area contributed by atoms with Crippen LogP contribution in [0.3, 0.4) is 0 Å². The number of nitrogens with one attached hydrogen (secondary N) is 1. The van der Waals surface area contributed by atoms with Crippen molar-refractivity contribution in [1.82, 2.24) is 15.3 Å². The molecule has 1 fully saturated rings. The lowest BCUT2D eigenvalue weighted by molar-refractivity contribution is 0.0382. The van der Waals surface area contributed by atoms with Gasteiger partial charge in [-0.25, -0.2) is 9.97 Å². The smallest absolute Gasteiger partial charge is 0.132 e. The van der Waals surface area contributed by atoms with E-state index in [1.807, 2.05) is 12.3 Å². The predicted molar refractivity (Wildman–Crippen MR) is 83.9 cm³/mol. The van der Waals surface area contributed by atoms with Crippen molar-refractivity contribution >= 4 is 5.82 Å². The highest BCUT2D eigenvalue weighted by molar-refractivity contribution is 5.45. The van der Waals surface area contributed by atoms with Gasteiger partial charge in [0.05, 0.1) is 5.54 Å². The van der Waals surface area contributed by atoms with Crippen molar-refractivity contribution in [2.75, 3.05) is 24.5 Å². The second-order valence-corrected chi connectivity index (χ2v) is 7.76. The molecule has 1 aliphatic heterocycles. The molecule has 1 aromatic heterocycles. The monoisotopic (exact) mass is 276 g/mol. The minimum atomic E-state index is 0.00655. The lowest BCUT2D eigenvalue weighted by Crippen LogP contribution is -2.73. The molecule has 2 heterocycles. The zero-order valence-electron chi connectivity index (χ0n) is 13.7. The second kappa shape index (κ2) is 4.99. The molecule has 0 atom stereocenters. The number of piperazine rings is 1. The molecule has 0 spiro atoms. The highest BCUT2D eigenvalue weighted by Gasteiger charge is 2.55. The zero-order chi connectivity index (χ0) is 15.0. The van der Waals surface area contributed by atoms with Crippen LogP contribution in [-0.2, 0) is 0 Å². The van der Waals surface area contributed by atoms with E-state index in [1.165, 1.54) is 0 Å². The van der Waals surface area contributed by atoms with E-state index in [2.05, 4.69) is 61.7 Å². The summed E-state index contributed by atoms with van der Waals surface area (Å²) in [6.45, 7) is 16.9. The fraction of sp³-hybridized carbons (Fsp3) is 0.750. The Morgan fingerprint density at radius 3 is 2.30 bits per heavy atom. The highest BCUT2D eigenvalue weighted by atomic mass is 15.3. The molecule has 1 aliphatic rings. The average Bonchev–Trinajstić information content (AvgIpc) is 2.37. The van der Waals surface area contributed by atoms with Crippen LogP contribution < -0.4 is 10.2 Å². The van der Waals surface area contributed by atoms with Crippen molar-refractivity contribution in [2.45, 2.75) is 47.1 Å². The summed E-state index contributed by atoms with van der Waals surface area (Å²) >= 11 is 0. The summed E-state index contributed by atoms with van der Waals surface area (Å²) in [4.78, 5) is 11.1. The van der Waals surface area contributed by atoms with E-state index >= 15 is 0 Å². The van der Waals surface area contributed by atoms with Crippen LogP contribution in [0.4, 0.5) is 5.82 Å². The standard InChI is InChI=1S/C16H28N4/c1-14(2,3)16(15(4,5)6)11-17-9-10-20(16)13-7-8-18-12-19-13/h7-8,12,17H,9-11H2,1-6H3. The molecule has 0 unspecified atom stereocenters. The van der Waals surface area contributed by atoms with Crippen LogP contribution in [0, 0.1) is 10.8 Å². The normalized spacial score (nSPS) is 20.0. The summed E-state index contributed by atoms with van der Waals surface area (Å²) in [6.07, 6.45) is 3.48. The van der Waals surface area contributed by atoms with Gasteiger partial charge in [0.25, 0.3) is 0 Å². The molecule has 1 N–H and O–H groups in total. The number of hydrogen-bond donors (Lipinski definition) is 1. The molecule has 0 amide bonds. The molecule has 0 bridgehead atoms. The van der Waals surface area contributed by atoms with Crippen molar-refractivity contribution in [1.29, 1.82) is 0 Å². The molecule has 0 aliphatic carbocycles. The van der Waals surface area contributed by atoms with E-state index in [1.54, 1.807) is 6.33 Å². The molecule has 112 valence electrons. The van der Waals surface area contributed by atoms with Gasteiger partial charge >= 0.3 is 0 Å². The van der Waals surface area contributed by atoms with Gasteiger partial charge < -0.3 is 10.2 Å². The number of aromatic nitrogens is 2. The van der Waals surface area contributed by atoms with Gasteiger partial charge in [-0.3, -0.25) is 0 Å². The maximum atomic E-state index is 4.51. The van der Waals surface area contributed by atoms with Crippen LogP contribution >= 0.6 is 0 Å². The Balaban J connectivity index is 2.57. The molecule has 0 radical (unpaired) electrons. The fourth-order valence-electron chi connectivity index (χ4n) is 3.96. The van der Waals surface area contributed by atoms with Crippen molar-refractivity contribution in [2.24, 2.45) is 10.8 Å². The van der Waals surface area contributed by atoms with Gasteiger partial charge in [-0.1, -0.05) is 41.5 Å². The van der Waals surface area contributed by atoms with Crippen LogP contribution in [0.15, 0.2) is 18.6 Å². The Bertz CT molecular complexity index is 428. The van der Waals surface area contributed by atoms with Gasteiger partial charge in [0.1, 0.15) is 12.1 Å². The van der Waals surface area contributed by atoms with Gasteiger partial charge in [-0.15, -0.1) is 0 Å². The Hall–Kier alpha value is -1.16. The fourth-order valence-corrected chi connectivity index (χ4v) is 3.96. The summed E-state index contributed by atoms with van der Waals surface area (Å²) in [7, 11) is 0. The van der Waals surface area contributed by atoms with Gasteiger partial charge in [0, 0.05) is 25.8 Å². The minimum absolute atomic E-state index is 0.00655. The van der Waals surface area contributed by atoms with Crippen molar-refractivity contribution < 1.29 is 0 Å². The zero-order valence-corrected chi connectivity index (χ0v) is 13.7. The molecular formula is C16H28N4. The third-order valence-electron chi connectivity index (χ3n) is 4.68. The summed E-state index contributed by atoms with van der Waals surface area (Å²) in [5.74, 6) is 1.03. The maximum absolute atomic E-state index is 4.51. The van der Waals surface area contributed by atoms with E-state index in [4.69, 9.17) is 0 Å². The highest BCUT2D eigenvalue weighted by Crippen LogP contribution is 2.49. The molecule has 4 heteroatoms. The lowest BCUT2D eigenvalue weighted by Gasteiger charge is -2.62. The van der Waals surface area contributed by atoms with Crippen molar-refractivity contribution in [3.8, 4) is 0 Å². The summed E-state index contributed by atoms with van der Waals surface area (Å²) < 4.78 is 0. The quantitative estimate of drug-likeness (QED) is 0.856. The third kappa shape index (κ3) is 2.30. The van der Waals surface area contributed by atoms with Crippen LogP contribution in [0.25, 0.3) is 0 Å². The topological polar surface area (TPSA) is 41.0 Å². The molecular weight excluding hydrogens is 248 g/mol. The largest absolute Gasteiger partial charge is 0.347 e. The number of rotatable bonds is 1. The summed E-state index contributed by atoms with van der Waals surface area (Å²) in [6, 6.07) is 2.03. The SMILES string of the molecule is CC(C)(C)C1(C(C)(C)C)CNCCN1c1ccncn1. The Morgan fingerprint density at radius 2 is 1.80 bits per heavy atom. The minimum Gasteiger partial charge on any atom is -0.347 e. The molecule has 0 saturated carbocycles. The maximum Gasteiger partial charge on any atom is 0.132 e. The second-order valence-electron chi connectivity index (χ2n) is 7.76. The molecule has 2 rings (SSSR count). The van der Waals surface area contributed by atoms with Gasteiger partial charge in [-0.05, 0) is 16.9 Å². The molecule has 1 saturated heterocycles. The van der Waals surface area contributed by atoms with Crippen LogP contribution in [0.5, 0.6) is 0 Å². The first kappa shape index (κ1) is 15.2. The van der Waals surface area contributed by atoms with Crippen molar-refractivity contribution in [3.63, 3.8) is 0 Å². The molecule has 20 heavy (non-hydrogen) atoms. The summed E-state index contributed by atoms with van der Waals surface area (Å²) in [5, 5.41) is 3.60. The third-order valence-corrected chi connectivity index (χ3v) is 4.68. The van der Waals surface area contributed by atoms with Crippen LogP contribution in [0.2, 0.25) is 0 Å². The van der Waals surface area contributed by atoms with Gasteiger partial charge in [0.2, 0.25) is 0 Å². The number of anilines is 1. The van der Waals surface area contributed by atoms with Gasteiger partial charge in [-0.2, -0.15) is 0 Å². The van der Waals surface area contributed by atoms with Crippen LogP contribution in [-0.4, -0.2) is 35.1 Å². The van der Waals surface area contributed by atoms with Crippen LogP contribution in [0.1, 0.15) is 41.5 Å². The number of nitrogens with zero attached hydrogens (tertiary/aromatic N) is 3. The van der Waals surface area contributed by atoms with E-state index in [0.717, 1.165) is 25.5 Å². The Labute approximate surface area is 123 Å². The molecule has 4 nitrogen and oxygen atoms in total. The van der Waals surface area contributed by atoms with Crippen molar-refractivity contribution in [3.05, 3.63) is 18.6 Å². The Kier molecular flexibility index (Phi) is 3.80. The summed E-state index contributed by atoms with van der Waals surface area (Å²) in [5.41, 5.74) is 0.264. The first-order valence-corrected chi connectivity index (χ1v) is 7.44. The van der Waals surface area contributed by atoms with E-state index in [0.29, 0.717) is 0 Å². The number of hydrogen-bond acceptors (Lipinski definition) is 4. The first-order valence-electron chi connectivity index (χ1n) is 7.44.